The number of carbonyl (C=O) groups is 2. The molecule has 1 N–H and O–H groups in total. The van der Waals surface area contributed by atoms with E-state index in [0.29, 0.717) is 18.9 Å². The molecule has 2 heterocycles. The Morgan fingerprint density at radius 3 is 2.74 bits per heavy atom. The molecule has 19 heavy (non-hydrogen) atoms. The SMILES string of the molecule is CCCC1NC(=O)CCN(CC2CCSCC2)C1=O. The Hall–Kier alpha value is -0.710. The van der Waals surface area contributed by atoms with Crippen LogP contribution < -0.4 is 5.32 Å². The summed E-state index contributed by atoms with van der Waals surface area (Å²) in [5.41, 5.74) is 0. The average molecular weight is 284 g/mol. The highest BCUT2D eigenvalue weighted by Crippen LogP contribution is 2.24. The molecule has 0 radical (unpaired) electrons. The molecule has 5 heteroatoms. The zero-order chi connectivity index (χ0) is 13.7. The van der Waals surface area contributed by atoms with Gasteiger partial charge in [0.1, 0.15) is 6.04 Å². The largest absolute Gasteiger partial charge is 0.344 e. The van der Waals surface area contributed by atoms with Crippen LogP contribution in [-0.2, 0) is 9.59 Å². The van der Waals surface area contributed by atoms with Crippen molar-refractivity contribution in [3.8, 4) is 0 Å². The van der Waals surface area contributed by atoms with Crippen molar-refractivity contribution in [2.75, 3.05) is 24.6 Å². The lowest BCUT2D eigenvalue weighted by Crippen LogP contribution is -2.46. The van der Waals surface area contributed by atoms with E-state index in [9.17, 15) is 9.59 Å². The van der Waals surface area contributed by atoms with E-state index in [1.165, 1.54) is 24.3 Å². The van der Waals surface area contributed by atoms with Gasteiger partial charge in [-0.25, -0.2) is 0 Å². The second-order valence-electron chi connectivity index (χ2n) is 5.50. The van der Waals surface area contributed by atoms with Crippen molar-refractivity contribution in [1.29, 1.82) is 0 Å². The standard InChI is InChI=1S/C14H24N2O2S/c1-2-3-12-14(18)16(7-4-13(17)15-12)10-11-5-8-19-9-6-11/h11-12H,2-10H2,1H3,(H,15,17). The number of carbonyl (C=O) groups excluding carboxylic acids is 2. The van der Waals surface area contributed by atoms with Crippen LogP contribution in [0.15, 0.2) is 0 Å². The van der Waals surface area contributed by atoms with Crippen molar-refractivity contribution in [3.05, 3.63) is 0 Å². The third kappa shape index (κ3) is 4.13. The quantitative estimate of drug-likeness (QED) is 0.854. The van der Waals surface area contributed by atoms with Crippen LogP contribution in [0.2, 0.25) is 0 Å². The van der Waals surface area contributed by atoms with Gasteiger partial charge in [-0.15, -0.1) is 0 Å². The minimum absolute atomic E-state index is 0.0218. The predicted octanol–water partition coefficient (Wildman–Crippen LogP) is 1.65. The van der Waals surface area contributed by atoms with Crippen LogP contribution in [0.1, 0.15) is 39.0 Å². The summed E-state index contributed by atoms with van der Waals surface area (Å²) in [7, 11) is 0. The van der Waals surface area contributed by atoms with Gasteiger partial charge in [-0.1, -0.05) is 13.3 Å². The second kappa shape index (κ2) is 7.17. The zero-order valence-corrected chi connectivity index (χ0v) is 12.5. The summed E-state index contributed by atoms with van der Waals surface area (Å²) < 4.78 is 0. The Kier molecular flexibility index (Phi) is 5.55. The van der Waals surface area contributed by atoms with Crippen molar-refractivity contribution in [2.24, 2.45) is 5.92 Å². The Morgan fingerprint density at radius 2 is 2.05 bits per heavy atom. The van der Waals surface area contributed by atoms with Gasteiger partial charge in [0.2, 0.25) is 11.8 Å². The number of rotatable bonds is 4. The first kappa shape index (κ1) is 14.7. The molecule has 0 bridgehead atoms. The Balaban J connectivity index is 1.96. The fourth-order valence-electron chi connectivity index (χ4n) is 2.80. The molecular weight excluding hydrogens is 260 g/mol. The molecule has 4 nitrogen and oxygen atoms in total. The average Bonchev–Trinajstić information content (AvgIpc) is 2.54. The highest BCUT2D eigenvalue weighted by Gasteiger charge is 2.30. The van der Waals surface area contributed by atoms with Gasteiger partial charge in [-0.05, 0) is 36.7 Å². The minimum atomic E-state index is -0.294. The van der Waals surface area contributed by atoms with Gasteiger partial charge in [0.15, 0.2) is 0 Å². The molecule has 0 aromatic heterocycles. The lowest BCUT2D eigenvalue weighted by molar-refractivity contribution is -0.134. The Bertz CT molecular complexity index is 329. The molecule has 0 aromatic carbocycles. The number of thioether (sulfide) groups is 1. The summed E-state index contributed by atoms with van der Waals surface area (Å²) in [5, 5.41) is 2.86. The highest BCUT2D eigenvalue weighted by molar-refractivity contribution is 7.99. The van der Waals surface area contributed by atoms with Crippen molar-refractivity contribution < 1.29 is 9.59 Å². The zero-order valence-electron chi connectivity index (χ0n) is 11.7. The van der Waals surface area contributed by atoms with E-state index in [4.69, 9.17) is 0 Å². The van der Waals surface area contributed by atoms with Crippen molar-refractivity contribution in [3.63, 3.8) is 0 Å². The van der Waals surface area contributed by atoms with Gasteiger partial charge in [-0.3, -0.25) is 9.59 Å². The molecule has 2 rings (SSSR count). The molecule has 0 spiro atoms. The van der Waals surface area contributed by atoms with E-state index in [0.717, 1.165) is 19.4 Å². The van der Waals surface area contributed by atoms with Gasteiger partial charge >= 0.3 is 0 Å². The van der Waals surface area contributed by atoms with Crippen molar-refractivity contribution in [2.45, 2.75) is 45.1 Å². The van der Waals surface area contributed by atoms with E-state index in [1.807, 2.05) is 23.6 Å². The first-order valence-corrected chi connectivity index (χ1v) is 8.52. The number of hydrogen-bond acceptors (Lipinski definition) is 3. The third-order valence-electron chi connectivity index (χ3n) is 3.95. The smallest absolute Gasteiger partial charge is 0.245 e. The van der Waals surface area contributed by atoms with Gasteiger partial charge in [0.25, 0.3) is 0 Å². The Labute approximate surface area is 119 Å². The van der Waals surface area contributed by atoms with Crippen LogP contribution in [0.25, 0.3) is 0 Å². The lowest BCUT2D eigenvalue weighted by atomic mass is 10.0. The van der Waals surface area contributed by atoms with E-state index < -0.39 is 0 Å². The molecule has 1 atom stereocenters. The minimum Gasteiger partial charge on any atom is -0.344 e. The summed E-state index contributed by atoms with van der Waals surface area (Å²) in [5.74, 6) is 3.20. The number of nitrogens with one attached hydrogen (secondary N) is 1. The topological polar surface area (TPSA) is 49.4 Å². The number of amides is 2. The van der Waals surface area contributed by atoms with E-state index >= 15 is 0 Å². The first-order chi connectivity index (χ1) is 9.20. The molecule has 2 saturated heterocycles. The maximum absolute atomic E-state index is 12.5. The normalized spacial score (nSPS) is 26.2. The van der Waals surface area contributed by atoms with Crippen LogP contribution in [-0.4, -0.2) is 47.4 Å². The summed E-state index contributed by atoms with van der Waals surface area (Å²) >= 11 is 2.00. The molecule has 2 amide bonds. The third-order valence-corrected chi connectivity index (χ3v) is 5.00. The van der Waals surface area contributed by atoms with Gasteiger partial charge < -0.3 is 10.2 Å². The molecule has 2 aliphatic heterocycles. The van der Waals surface area contributed by atoms with Crippen molar-refractivity contribution >= 4 is 23.6 Å². The fraction of sp³-hybridized carbons (Fsp3) is 0.857. The summed E-state index contributed by atoms with van der Waals surface area (Å²) in [4.78, 5) is 26.0. The molecule has 0 saturated carbocycles. The maximum atomic E-state index is 12.5. The summed E-state index contributed by atoms with van der Waals surface area (Å²) in [6.07, 6.45) is 4.53. The summed E-state index contributed by atoms with van der Waals surface area (Å²) in [6.45, 7) is 3.48. The van der Waals surface area contributed by atoms with Crippen LogP contribution in [0.5, 0.6) is 0 Å². The highest BCUT2D eigenvalue weighted by atomic mass is 32.2. The van der Waals surface area contributed by atoms with Crippen LogP contribution in [0.4, 0.5) is 0 Å². The van der Waals surface area contributed by atoms with E-state index in [2.05, 4.69) is 5.32 Å². The molecule has 2 fully saturated rings. The monoisotopic (exact) mass is 284 g/mol. The van der Waals surface area contributed by atoms with Crippen LogP contribution in [0.3, 0.4) is 0 Å². The molecule has 108 valence electrons. The predicted molar refractivity (Wildman–Crippen MR) is 78.1 cm³/mol. The summed E-state index contributed by atoms with van der Waals surface area (Å²) in [6, 6.07) is -0.294. The number of nitrogens with zero attached hydrogens (tertiary/aromatic N) is 1. The Morgan fingerprint density at radius 1 is 1.32 bits per heavy atom. The lowest BCUT2D eigenvalue weighted by Gasteiger charge is -2.30. The number of hydrogen-bond donors (Lipinski definition) is 1. The van der Waals surface area contributed by atoms with E-state index in [-0.39, 0.29) is 17.9 Å². The maximum Gasteiger partial charge on any atom is 0.245 e. The molecule has 2 aliphatic rings. The van der Waals surface area contributed by atoms with Gasteiger partial charge in [-0.2, -0.15) is 11.8 Å². The molecule has 1 unspecified atom stereocenters. The molecule has 0 aliphatic carbocycles. The van der Waals surface area contributed by atoms with E-state index in [1.54, 1.807) is 0 Å². The fourth-order valence-corrected chi connectivity index (χ4v) is 4.01. The molecule has 0 aromatic rings. The first-order valence-electron chi connectivity index (χ1n) is 7.36. The molecular formula is C14H24N2O2S. The second-order valence-corrected chi connectivity index (χ2v) is 6.72. The van der Waals surface area contributed by atoms with Gasteiger partial charge in [0.05, 0.1) is 0 Å². The van der Waals surface area contributed by atoms with Gasteiger partial charge in [0, 0.05) is 19.5 Å². The van der Waals surface area contributed by atoms with Crippen molar-refractivity contribution in [1.82, 2.24) is 10.2 Å². The van der Waals surface area contributed by atoms with Crippen LogP contribution >= 0.6 is 11.8 Å². The van der Waals surface area contributed by atoms with Crippen LogP contribution in [0, 0.1) is 5.92 Å².